The quantitative estimate of drug-likeness (QED) is 0.730. The third kappa shape index (κ3) is 1.50. The Bertz CT molecular complexity index is 494. The number of carboxylic acid groups (broad SMARTS) is 1. The molecule has 2 aromatic rings. The SMILES string of the molecule is Nc1onc(-c2ccncn2)c1C(=O)O. The first-order chi connectivity index (χ1) is 7.20. The van der Waals surface area contributed by atoms with E-state index in [1.807, 2.05) is 0 Å². The van der Waals surface area contributed by atoms with Crippen LogP contribution in [0.15, 0.2) is 23.1 Å². The van der Waals surface area contributed by atoms with Crippen LogP contribution in [0.5, 0.6) is 0 Å². The van der Waals surface area contributed by atoms with Crippen LogP contribution in [0.2, 0.25) is 0 Å². The van der Waals surface area contributed by atoms with Crippen molar-refractivity contribution in [2.45, 2.75) is 0 Å². The van der Waals surface area contributed by atoms with Crippen LogP contribution in [-0.4, -0.2) is 26.2 Å². The summed E-state index contributed by atoms with van der Waals surface area (Å²) in [4.78, 5) is 18.4. The van der Waals surface area contributed by atoms with E-state index in [4.69, 9.17) is 10.8 Å². The van der Waals surface area contributed by atoms with Gasteiger partial charge in [-0.1, -0.05) is 5.16 Å². The zero-order valence-electron chi connectivity index (χ0n) is 7.41. The van der Waals surface area contributed by atoms with Gasteiger partial charge in [0.2, 0.25) is 5.88 Å². The van der Waals surface area contributed by atoms with Gasteiger partial charge in [0, 0.05) is 6.20 Å². The standard InChI is InChI=1S/C8H6N4O3/c9-7-5(8(13)14)6(12-15-7)4-1-2-10-3-11-4/h1-3H,9H2,(H,13,14). The highest BCUT2D eigenvalue weighted by Crippen LogP contribution is 2.24. The van der Waals surface area contributed by atoms with Crippen LogP contribution >= 0.6 is 0 Å². The van der Waals surface area contributed by atoms with Gasteiger partial charge in [-0.05, 0) is 6.07 Å². The maximum Gasteiger partial charge on any atom is 0.343 e. The van der Waals surface area contributed by atoms with Gasteiger partial charge in [0.25, 0.3) is 0 Å². The van der Waals surface area contributed by atoms with E-state index in [1.165, 1.54) is 18.6 Å². The van der Waals surface area contributed by atoms with E-state index in [2.05, 4.69) is 19.6 Å². The van der Waals surface area contributed by atoms with Gasteiger partial charge in [0.05, 0.1) is 5.69 Å². The highest BCUT2D eigenvalue weighted by molar-refractivity contribution is 5.98. The number of nitrogens with zero attached hydrogens (tertiary/aromatic N) is 3. The van der Waals surface area contributed by atoms with Gasteiger partial charge in [0.1, 0.15) is 12.0 Å². The number of carbonyl (C=O) groups is 1. The Morgan fingerprint density at radius 1 is 1.53 bits per heavy atom. The van der Waals surface area contributed by atoms with E-state index in [0.29, 0.717) is 5.69 Å². The third-order valence-electron chi connectivity index (χ3n) is 1.76. The van der Waals surface area contributed by atoms with E-state index in [0.717, 1.165) is 0 Å². The van der Waals surface area contributed by atoms with Crippen molar-refractivity contribution < 1.29 is 14.4 Å². The summed E-state index contributed by atoms with van der Waals surface area (Å²) < 4.78 is 4.60. The first-order valence-electron chi connectivity index (χ1n) is 3.95. The zero-order chi connectivity index (χ0) is 10.8. The average Bonchev–Trinajstić information content (AvgIpc) is 2.61. The molecule has 0 saturated carbocycles. The summed E-state index contributed by atoms with van der Waals surface area (Å²) in [6.07, 6.45) is 2.75. The molecule has 0 unspecified atom stereocenters. The minimum atomic E-state index is -1.21. The second-order valence-electron chi connectivity index (χ2n) is 2.67. The van der Waals surface area contributed by atoms with Crippen LogP contribution in [0.25, 0.3) is 11.4 Å². The number of nitrogen functional groups attached to an aromatic ring is 1. The van der Waals surface area contributed by atoms with Crippen molar-refractivity contribution in [1.29, 1.82) is 0 Å². The molecule has 0 spiro atoms. The van der Waals surface area contributed by atoms with Gasteiger partial charge in [-0.2, -0.15) is 0 Å². The molecule has 0 atom stereocenters. The Morgan fingerprint density at radius 3 is 2.93 bits per heavy atom. The Labute approximate surface area is 83.6 Å². The lowest BCUT2D eigenvalue weighted by atomic mass is 10.2. The maximum absolute atomic E-state index is 10.9. The Morgan fingerprint density at radius 2 is 2.33 bits per heavy atom. The number of anilines is 1. The Balaban J connectivity index is 2.59. The number of aromatic carboxylic acids is 1. The molecule has 7 heteroatoms. The second kappa shape index (κ2) is 3.37. The van der Waals surface area contributed by atoms with E-state index in [9.17, 15) is 4.79 Å². The number of rotatable bonds is 2. The summed E-state index contributed by atoms with van der Waals surface area (Å²) in [6.45, 7) is 0. The number of nitrogens with two attached hydrogens (primary N) is 1. The van der Waals surface area contributed by atoms with Crippen LogP contribution in [0, 0.1) is 0 Å². The van der Waals surface area contributed by atoms with Crippen molar-refractivity contribution in [3.63, 3.8) is 0 Å². The highest BCUT2D eigenvalue weighted by atomic mass is 16.5. The molecule has 0 saturated heterocycles. The van der Waals surface area contributed by atoms with E-state index < -0.39 is 5.97 Å². The monoisotopic (exact) mass is 206 g/mol. The molecule has 0 aliphatic heterocycles. The van der Waals surface area contributed by atoms with Gasteiger partial charge >= 0.3 is 5.97 Å². The molecule has 0 bridgehead atoms. The molecule has 15 heavy (non-hydrogen) atoms. The molecule has 0 radical (unpaired) electrons. The largest absolute Gasteiger partial charge is 0.477 e. The molecular weight excluding hydrogens is 200 g/mol. The number of hydrogen-bond donors (Lipinski definition) is 2. The van der Waals surface area contributed by atoms with Gasteiger partial charge in [-0.3, -0.25) is 0 Å². The molecule has 0 aliphatic carbocycles. The molecule has 2 rings (SSSR count). The summed E-state index contributed by atoms with van der Waals surface area (Å²) in [5, 5.41) is 12.4. The van der Waals surface area contributed by atoms with Gasteiger partial charge in [-0.15, -0.1) is 0 Å². The normalized spacial score (nSPS) is 10.1. The average molecular weight is 206 g/mol. The lowest BCUT2D eigenvalue weighted by Gasteiger charge is -1.94. The molecule has 0 amide bonds. The zero-order valence-corrected chi connectivity index (χ0v) is 7.41. The third-order valence-corrected chi connectivity index (χ3v) is 1.76. The van der Waals surface area contributed by atoms with Gasteiger partial charge in [0.15, 0.2) is 5.56 Å². The van der Waals surface area contributed by atoms with E-state index in [1.54, 1.807) is 0 Å². The minimum Gasteiger partial charge on any atom is -0.477 e. The minimum absolute atomic E-state index is 0.0994. The maximum atomic E-state index is 10.9. The van der Waals surface area contributed by atoms with Crippen molar-refractivity contribution in [1.82, 2.24) is 15.1 Å². The predicted molar refractivity (Wildman–Crippen MR) is 48.9 cm³/mol. The summed E-state index contributed by atoms with van der Waals surface area (Å²) in [7, 11) is 0. The molecule has 2 heterocycles. The molecule has 2 aromatic heterocycles. The molecule has 3 N–H and O–H groups in total. The van der Waals surface area contributed by atoms with Crippen molar-refractivity contribution >= 4 is 11.9 Å². The fourth-order valence-corrected chi connectivity index (χ4v) is 1.12. The summed E-state index contributed by atoms with van der Waals surface area (Å²) in [6, 6.07) is 1.52. The van der Waals surface area contributed by atoms with Crippen LogP contribution in [0.4, 0.5) is 5.88 Å². The Hall–Kier alpha value is -2.44. The number of hydrogen-bond acceptors (Lipinski definition) is 6. The lowest BCUT2D eigenvalue weighted by molar-refractivity contribution is 0.0698. The molecule has 0 fully saturated rings. The first kappa shape index (κ1) is 9.13. The smallest absolute Gasteiger partial charge is 0.343 e. The van der Waals surface area contributed by atoms with E-state index >= 15 is 0 Å². The first-order valence-corrected chi connectivity index (χ1v) is 3.95. The van der Waals surface area contributed by atoms with Crippen LogP contribution in [0.3, 0.4) is 0 Å². The predicted octanol–water partition coefficient (Wildman–Crippen LogP) is 0.412. The summed E-state index contributed by atoms with van der Waals surface area (Å²) >= 11 is 0. The second-order valence-corrected chi connectivity index (χ2v) is 2.67. The fraction of sp³-hybridized carbons (Fsp3) is 0. The van der Waals surface area contributed by atoms with Gasteiger partial charge < -0.3 is 15.4 Å². The van der Waals surface area contributed by atoms with E-state index in [-0.39, 0.29) is 17.1 Å². The number of aromatic nitrogens is 3. The molecule has 0 aliphatic rings. The van der Waals surface area contributed by atoms with Gasteiger partial charge in [-0.25, -0.2) is 14.8 Å². The highest BCUT2D eigenvalue weighted by Gasteiger charge is 2.22. The van der Waals surface area contributed by atoms with Crippen molar-refractivity contribution in [3.05, 3.63) is 24.2 Å². The van der Waals surface area contributed by atoms with Crippen molar-refractivity contribution in [3.8, 4) is 11.4 Å². The van der Waals surface area contributed by atoms with Crippen LogP contribution < -0.4 is 5.73 Å². The van der Waals surface area contributed by atoms with Crippen LogP contribution in [0.1, 0.15) is 10.4 Å². The molecule has 0 aromatic carbocycles. The molecule has 76 valence electrons. The summed E-state index contributed by atoms with van der Waals surface area (Å²) in [5.74, 6) is -1.45. The summed E-state index contributed by atoms with van der Waals surface area (Å²) in [5.41, 5.74) is 5.59. The van der Waals surface area contributed by atoms with Crippen LogP contribution in [-0.2, 0) is 0 Å². The fourth-order valence-electron chi connectivity index (χ4n) is 1.12. The molecular formula is C8H6N4O3. The van der Waals surface area contributed by atoms with Crippen molar-refractivity contribution in [2.24, 2.45) is 0 Å². The molecule has 7 nitrogen and oxygen atoms in total. The topological polar surface area (TPSA) is 115 Å². The Kier molecular flexibility index (Phi) is 2.05. The lowest BCUT2D eigenvalue weighted by Crippen LogP contribution is -2.01. The van der Waals surface area contributed by atoms with Crippen molar-refractivity contribution in [2.75, 3.05) is 5.73 Å². The number of carboxylic acids is 1.